The van der Waals surface area contributed by atoms with E-state index in [1.807, 2.05) is 6.07 Å². The second kappa shape index (κ2) is 3.70. The van der Waals surface area contributed by atoms with Gasteiger partial charge in [0.05, 0.1) is 23.1 Å². The van der Waals surface area contributed by atoms with Crippen LogP contribution in [0.4, 0.5) is 0 Å². The van der Waals surface area contributed by atoms with Crippen molar-refractivity contribution < 1.29 is 0 Å². The predicted molar refractivity (Wildman–Crippen MR) is 84.3 cm³/mol. The minimum Gasteiger partial charge on any atom is -0.318 e. The molecule has 3 heteroatoms. The predicted octanol–water partition coefficient (Wildman–Crippen LogP) is 3.92. The standard InChI is InChI=1S/C18H13N3/c1-11-6-7-14-12(8-11)9-13-10-21-16-5-3-2-4-15(16)20-18(21)17(13)19-14/h2-9H,10H2,1H3. The Labute approximate surface area is 121 Å². The van der Waals surface area contributed by atoms with E-state index in [4.69, 9.17) is 9.97 Å². The molecule has 0 saturated heterocycles. The van der Waals surface area contributed by atoms with E-state index in [2.05, 4.69) is 54.0 Å². The van der Waals surface area contributed by atoms with E-state index in [0.717, 1.165) is 29.1 Å². The zero-order chi connectivity index (χ0) is 14.0. The lowest BCUT2D eigenvalue weighted by molar-refractivity contribution is 0.879. The molecule has 0 atom stereocenters. The summed E-state index contributed by atoms with van der Waals surface area (Å²) in [5, 5.41) is 1.21. The lowest BCUT2D eigenvalue weighted by Crippen LogP contribution is -1.92. The highest BCUT2D eigenvalue weighted by molar-refractivity contribution is 5.87. The summed E-state index contributed by atoms with van der Waals surface area (Å²) in [6.45, 7) is 2.98. The smallest absolute Gasteiger partial charge is 0.160 e. The average Bonchev–Trinajstić information content (AvgIpc) is 3.01. The van der Waals surface area contributed by atoms with Gasteiger partial charge < -0.3 is 4.57 Å². The molecule has 0 spiro atoms. The number of hydrogen-bond donors (Lipinski definition) is 0. The Morgan fingerprint density at radius 3 is 2.81 bits per heavy atom. The fraction of sp³-hybridized carbons (Fsp3) is 0.111. The molecule has 0 aliphatic carbocycles. The van der Waals surface area contributed by atoms with E-state index in [1.165, 1.54) is 22.0 Å². The molecule has 0 N–H and O–H groups in total. The average molecular weight is 271 g/mol. The van der Waals surface area contributed by atoms with Crippen molar-refractivity contribution in [3.8, 4) is 11.5 Å². The van der Waals surface area contributed by atoms with E-state index >= 15 is 0 Å². The van der Waals surface area contributed by atoms with Crippen LogP contribution in [0.3, 0.4) is 0 Å². The number of hydrogen-bond acceptors (Lipinski definition) is 2. The van der Waals surface area contributed by atoms with E-state index in [1.54, 1.807) is 0 Å². The third-order valence-corrected chi connectivity index (χ3v) is 4.24. The second-order valence-corrected chi connectivity index (χ2v) is 5.70. The van der Waals surface area contributed by atoms with Gasteiger partial charge in [0, 0.05) is 10.9 Å². The molecule has 0 amide bonds. The van der Waals surface area contributed by atoms with Crippen molar-refractivity contribution in [1.82, 2.24) is 14.5 Å². The fourth-order valence-corrected chi connectivity index (χ4v) is 3.24. The molecule has 3 heterocycles. The molecule has 0 saturated carbocycles. The van der Waals surface area contributed by atoms with Crippen molar-refractivity contribution in [2.45, 2.75) is 13.5 Å². The summed E-state index contributed by atoms with van der Waals surface area (Å²) >= 11 is 0. The van der Waals surface area contributed by atoms with Crippen molar-refractivity contribution >= 4 is 21.9 Å². The Morgan fingerprint density at radius 1 is 0.952 bits per heavy atom. The molecule has 0 fully saturated rings. The van der Waals surface area contributed by atoms with Crippen LogP contribution in [0.25, 0.3) is 33.5 Å². The van der Waals surface area contributed by atoms with E-state index in [-0.39, 0.29) is 0 Å². The number of aromatic nitrogens is 3. The Morgan fingerprint density at radius 2 is 1.86 bits per heavy atom. The Balaban J connectivity index is 1.84. The fourth-order valence-electron chi connectivity index (χ4n) is 3.24. The van der Waals surface area contributed by atoms with Crippen molar-refractivity contribution in [2.75, 3.05) is 0 Å². The summed E-state index contributed by atoms with van der Waals surface area (Å²) in [4.78, 5) is 9.61. The molecule has 5 rings (SSSR count). The van der Waals surface area contributed by atoms with Crippen LogP contribution < -0.4 is 0 Å². The van der Waals surface area contributed by atoms with Crippen LogP contribution in [0.5, 0.6) is 0 Å². The van der Waals surface area contributed by atoms with Crippen LogP contribution >= 0.6 is 0 Å². The van der Waals surface area contributed by atoms with Crippen LogP contribution in [0.15, 0.2) is 48.5 Å². The number of pyridine rings is 1. The van der Waals surface area contributed by atoms with Crippen LogP contribution in [0.2, 0.25) is 0 Å². The Kier molecular flexibility index (Phi) is 1.94. The van der Waals surface area contributed by atoms with E-state index in [9.17, 15) is 0 Å². The quantitative estimate of drug-likeness (QED) is 0.427. The first-order valence-electron chi connectivity index (χ1n) is 7.15. The van der Waals surface area contributed by atoms with E-state index < -0.39 is 0 Å². The Bertz CT molecular complexity index is 1030. The van der Waals surface area contributed by atoms with Crippen molar-refractivity contribution in [2.24, 2.45) is 0 Å². The molecule has 100 valence electrons. The maximum atomic E-state index is 4.85. The maximum absolute atomic E-state index is 4.85. The molecule has 1 aliphatic rings. The van der Waals surface area contributed by atoms with Crippen molar-refractivity contribution in [1.29, 1.82) is 0 Å². The van der Waals surface area contributed by atoms with Gasteiger partial charge in [0.1, 0.15) is 5.69 Å². The molecule has 2 aromatic heterocycles. The van der Waals surface area contributed by atoms with Crippen molar-refractivity contribution in [3.05, 3.63) is 59.7 Å². The van der Waals surface area contributed by atoms with Gasteiger partial charge in [0.15, 0.2) is 5.82 Å². The van der Waals surface area contributed by atoms with Gasteiger partial charge in [-0.25, -0.2) is 9.97 Å². The zero-order valence-electron chi connectivity index (χ0n) is 11.7. The monoisotopic (exact) mass is 271 g/mol. The van der Waals surface area contributed by atoms with Crippen LogP contribution in [-0.2, 0) is 6.54 Å². The number of aryl methyl sites for hydroxylation is 1. The number of fused-ring (bicyclic) bond motifs is 6. The van der Waals surface area contributed by atoms with Crippen LogP contribution in [0.1, 0.15) is 11.1 Å². The van der Waals surface area contributed by atoms with E-state index in [0.29, 0.717) is 0 Å². The summed E-state index contributed by atoms with van der Waals surface area (Å²) in [5.41, 5.74) is 6.84. The first-order valence-corrected chi connectivity index (χ1v) is 7.15. The molecule has 0 radical (unpaired) electrons. The highest BCUT2D eigenvalue weighted by Gasteiger charge is 2.24. The third kappa shape index (κ3) is 1.43. The number of para-hydroxylation sites is 2. The number of imidazole rings is 1. The third-order valence-electron chi connectivity index (χ3n) is 4.24. The molecule has 3 nitrogen and oxygen atoms in total. The molecule has 0 unspecified atom stereocenters. The zero-order valence-corrected chi connectivity index (χ0v) is 11.7. The SMILES string of the molecule is Cc1ccc2nc3c(cc2c1)Cn1c-3nc2ccccc21. The lowest BCUT2D eigenvalue weighted by atomic mass is 10.1. The van der Waals surface area contributed by atoms with Gasteiger partial charge in [-0.2, -0.15) is 0 Å². The molecular weight excluding hydrogens is 258 g/mol. The molecule has 1 aliphatic heterocycles. The van der Waals surface area contributed by atoms with Gasteiger partial charge in [-0.05, 0) is 37.3 Å². The molecule has 2 aromatic carbocycles. The maximum Gasteiger partial charge on any atom is 0.160 e. The van der Waals surface area contributed by atoms with Gasteiger partial charge in [-0.1, -0.05) is 23.8 Å². The summed E-state index contributed by atoms with van der Waals surface area (Å²) in [5.74, 6) is 0.994. The molecule has 0 bridgehead atoms. The summed E-state index contributed by atoms with van der Waals surface area (Å²) in [6, 6.07) is 16.9. The number of nitrogens with zero attached hydrogens (tertiary/aromatic N) is 3. The molecule has 21 heavy (non-hydrogen) atoms. The van der Waals surface area contributed by atoms with Gasteiger partial charge >= 0.3 is 0 Å². The summed E-state index contributed by atoms with van der Waals surface area (Å²) < 4.78 is 2.26. The van der Waals surface area contributed by atoms with Gasteiger partial charge in [0.25, 0.3) is 0 Å². The largest absolute Gasteiger partial charge is 0.318 e. The van der Waals surface area contributed by atoms with Gasteiger partial charge in [0.2, 0.25) is 0 Å². The Hall–Kier alpha value is -2.68. The number of rotatable bonds is 0. The highest BCUT2D eigenvalue weighted by atomic mass is 15.1. The molecular formula is C18H13N3. The van der Waals surface area contributed by atoms with Gasteiger partial charge in [-0.3, -0.25) is 0 Å². The second-order valence-electron chi connectivity index (χ2n) is 5.70. The number of benzene rings is 2. The minimum atomic E-state index is 0.863. The lowest BCUT2D eigenvalue weighted by Gasteiger charge is -2.03. The topological polar surface area (TPSA) is 30.7 Å². The van der Waals surface area contributed by atoms with Crippen LogP contribution in [0, 0.1) is 6.92 Å². The first kappa shape index (κ1) is 11.0. The summed E-state index contributed by atoms with van der Waals surface area (Å²) in [6.07, 6.45) is 0. The minimum absolute atomic E-state index is 0.863. The normalized spacial score (nSPS) is 12.8. The summed E-state index contributed by atoms with van der Waals surface area (Å²) in [7, 11) is 0. The first-order chi connectivity index (χ1) is 10.3. The molecule has 4 aromatic rings. The van der Waals surface area contributed by atoms with Crippen LogP contribution in [-0.4, -0.2) is 14.5 Å². The van der Waals surface area contributed by atoms with Gasteiger partial charge in [-0.15, -0.1) is 0 Å². The van der Waals surface area contributed by atoms with Crippen molar-refractivity contribution in [3.63, 3.8) is 0 Å². The highest BCUT2D eigenvalue weighted by Crippen LogP contribution is 2.35.